The van der Waals surface area contributed by atoms with Crippen LogP contribution >= 0.6 is 0 Å². The zero-order chi connectivity index (χ0) is 24.1. The standard InChI is InChI=1S/C27H32O6/c1-6-20(18-8-11-25(32-4)22(29)14-18)27(19-9-12-26(33-5)23(30)15-19)16(2)17-7-10-24(31-3)21(28)13-17/h7-16,20,27-30H,6H2,1-5H3. The third kappa shape index (κ3) is 4.95. The molecule has 176 valence electrons. The second-order valence-corrected chi connectivity index (χ2v) is 8.12. The van der Waals surface area contributed by atoms with E-state index in [0.29, 0.717) is 17.2 Å². The van der Waals surface area contributed by atoms with Crippen LogP contribution in [0.25, 0.3) is 0 Å². The number of hydrogen-bond acceptors (Lipinski definition) is 6. The number of benzene rings is 3. The van der Waals surface area contributed by atoms with Crippen LogP contribution in [-0.2, 0) is 0 Å². The molecule has 0 fully saturated rings. The second kappa shape index (κ2) is 10.4. The van der Waals surface area contributed by atoms with Crippen molar-refractivity contribution in [2.45, 2.75) is 38.0 Å². The summed E-state index contributed by atoms with van der Waals surface area (Å²) in [7, 11) is 4.56. The first-order valence-corrected chi connectivity index (χ1v) is 10.9. The summed E-state index contributed by atoms with van der Waals surface area (Å²) in [5.74, 6) is 1.36. The van der Waals surface area contributed by atoms with E-state index in [1.807, 2.05) is 18.2 Å². The third-order valence-corrected chi connectivity index (χ3v) is 6.36. The first-order chi connectivity index (χ1) is 15.8. The van der Waals surface area contributed by atoms with Crippen molar-refractivity contribution < 1.29 is 29.5 Å². The first kappa shape index (κ1) is 24.1. The van der Waals surface area contributed by atoms with Gasteiger partial charge in [-0.25, -0.2) is 0 Å². The highest BCUT2D eigenvalue weighted by Crippen LogP contribution is 2.48. The lowest BCUT2D eigenvalue weighted by Gasteiger charge is -2.33. The number of ether oxygens (including phenoxy) is 3. The van der Waals surface area contributed by atoms with Crippen molar-refractivity contribution in [1.82, 2.24) is 0 Å². The van der Waals surface area contributed by atoms with Gasteiger partial charge in [0.15, 0.2) is 34.5 Å². The van der Waals surface area contributed by atoms with Gasteiger partial charge in [0.1, 0.15) is 0 Å². The fourth-order valence-corrected chi connectivity index (χ4v) is 4.62. The van der Waals surface area contributed by atoms with Crippen molar-refractivity contribution in [3.63, 3.8) is 0 Å². The molecule has 0 saturated heterocycles. The minimum atomic E-state index is -0.0765. The molecule has 0 spiro atoms. The van der Waals surface area contributed by atoms with Crippen LogP contribution in [0.4, 0.5) is 0 Å². The normalized spacial score (nSPS) is 13.7. The Morgan fingerprint density at radius 3 is 1.45 bits per heavy atom. The molecule has 3 N–H and O–H groups in total. The molecule has 0 aliphatic carbocycles. The van der Waals surface area contributed by atoms with Crippen LogP contribution in [0.1, 0.15) is 54.7 Å². The highest BCUT2D eigenvalue weighted by atomic mass is 16.5. The summed E-state index contributed by atoms with van der Waals surface area (Å²) in [6, 6.07) is 16.3. The lowest BCUT2D eigenvalue weighted by molar-refractivity contribution is 0.368. The van der Waals surface area contributed by atoms with Gasteiger partial charge in [-0.15, -0.1) is 0 Å². The minimum absolute atomic E-state index is 0.00819. The number of rotatable bonds is 9. The lowest BCUT2D eigenvalue weighted by atomic mass is 9.71. The maximum absolute atomic E-state index is 10.5. The molecule has 0 heterocycles. The zero-order valence-corrected chi connectivity index (χ0v) is 19.7. The van der Waals surface area contributed by atoms with E-state index >= 15 is 0 Å². The van der Waals surface area contributed by atoms with E-state index in [2.05, 4.69) is 13.8 Å². The number of phenolic OH excluding ortho intramolecular Hbond substituents is 3. The second-order valence-electron chi connectivity index (χ2n) is 8.12. The van der Waals surface area contributed by atoms with E-state index in [9.17, 15) is 15.3 Å². The Labute approximate surface area is 195 Å². The van der Waals surface area contributed by atoms with Crippen molar-refractivity contribution in [3.8, 4) is 34.5 Å². The minimum Gasteiger partial charge on any atom is -0.504 e. The summed E-state index contributed by atoms with van der Waals surface area (Å²) in [5, 5.41) is 31.3. The average molecular weight is 453 g/mol. The van der Waals surface area contributed by atoms with E-state index in [4.69, 9.17) is 14.2 Å². The van der Waals surface area contributed by atoms with Gasteiger partial charge in [-0.1, -0.05) is 32.0 Å². The van der Waals surface area contributed by atoms with E-state index in [1.54, 1.807) is 36.4 Å². The molecule has 6 nitrogen and oxygen atoms in total. The van der Waals surface area contributed by atoms with E-state index in [-0.39, 0.29) is 35.0 Å². The summed E-state index contributed by atoms with van der Waals surface area (Å²) in [5.41, 5.74) is 2.82. The van der Waals surface area contributed by atoms with Gasteiger partial charge in [-0.2, -0.15) is 0 Å². The summed E-state index contributed by atoms with van der Waals surface area (Å²) in [6.45, 7) is 4.19. The topological polar surface area (TPSA) is 88.4 Å². The Balaban J connectivity index is 2.14. The molecule has 0 amide bonds. The van der Waals surface area contributed by atoms with Gasteiger partial charge >= 0.3 is 0 Å². The summed E-state index contributed by atoms with van der Waals surface area (Å²) in [4.78, 5) is 0. The fraction of sp³-hybridized carbons (Fsp3) is 0.333. The van der Waals surface area contributed by atoms with Gasteiger partial charge in [0, 0.05) is 0 Å². The Morgan fingerprint density at radius 2 is 1.03 bits per heavy atom. The van der Waals surface area contributed by atoms with E-state index in [1.165, 1.54) is 21.3 Å². The fourth-order valence-electron chi connectivity index (χ4n) is 4.62. The smallest absolute Gasteiger partial charge is 0.160 e. The quantitative estimate of drug-likeness (QED) is 0.374. The number of methoxy groups -OCH3 is 3. The Bertz CT molecular complexity index is 1090. The highest BCUT2D eigenvalue weighted by molar-refractivity contribution is 5.49. The predicted octanol–water partition coefficient (Wildman–Crippen LogP) is 5.91. The van der Waals surface area contributed by atoms with Crippen molar-refractivity contribution in [2.24, 2.45) is 0 Å². The van der Waals surface area contributed by atoms with Crippen LogP contribution in [0.15, 0.2) is 54.6 Å². The number of aromatic hydroxyl groups is 3. The summed E-state index contributed by atoms with van der Waals surface area (Å²) >= 11 is 0. The van der Waals surface area contributed by atoms with Crippen molar-refractivity contribution in [1.29, 1.82) is 0 Å². The largest absolute Gasteiger partial charge is 0.504 e. The molecule has 33 heavy (non-hydrogen) atoms. The number of phenols is 3. The van der Waals surface area contributed by atoms with Crippen LogP contribution in [0.2, 0.25) is 0 Å². The van der Waals surface area contributed by atoms with Crippen molar-refractivity contribution >= 4 is 0 Å². The molecule has 3 unspecified atom stereocenters. The molecule has 0 saturated carbocycles. The average Bonchev–Trinajstić information content (AvgIpc) is 2.81. The van der Waals surface area contributed by atoms with Crippen LogP contribution in [0, 0.1) is 0 Å². The van der Waals surface area contributed by atoms with E-state index in [0.717, 1.165) is 23.1 Å². The Kier molecular flexibility index (Phi) is 7.59. The molecule has 0 bridgehead atoms. The van der Waals surface area contributed by atoms with Crippen LogP contribution in [0.5, 0.6) is 34.5 Å². The molecule has 3 atom stereocenters. The summed E-state index contributed by atoms with van der Waals surface area (Å²) < 4.78 is 15.7. The molecular formula is C27H32O6. The number of hydrogen-bond donors (Lipinski definition) is 3. The summed E-state index contributed by atoms with van der Waals surface area (Å²) in [6.07, 6.45) is 0.787. The molecule has 0 aliphatic rings. The molecule has 0 aliphatic heterocycles. The van der Waals surface area contributed by atoms with Gasteiger partial charge in [0.25, 0.3) is 0 Å². The Hall–Kier alpha value is -3.54. The maximum Gasteiger partial charge on any atom is 0.160 e. The molecule has 0 aromatic heterocycles. The zero-order valence-electron chi connectivity index (χ0n) is 19.7. The van der Waals surface area contributed by atoms with Crippen LogP contribution < -0.4 is 14.2 Å². The van der Waals surface area contributed by atoms with Gasteiger partial charge in [0.2, 0.25) is 0 Å². The van der Waals surface area contributed by atoms with Gasteiger partial charge in [-0.3, -0.25) is 0 Å². The van der Waals surface area contributed by atoms with Crippen LogP contribution in [-0.4, -0.2) is 36.6 Å². The lowest BCUT2D eigenvalue weighted by Crippen LogP contribution is -2.17. The Morgan fingerprint density at radius 1 is 0.636 bits per heavy atom. The highest BCUT2D eigenvalue weighted by Gasteiger charge is 2.31. The first-order valence-electron chi connectivity index (χ1n) is 10.9. The molecule has 3 aromatic carbocycles. The monoisotopic (exact) mass is 452 g/mol. The maximum atomic E-state index is 10.5. The van der Waals surface area contributed by atoms with Crippen LogP contribution in [0.3, 0.4) is 0 Å². The van der Waals surface area contributed by atoms with Gasteiger partial charge < -0.3 is 29.5 Å². The molecule has 3 rings (SSSR count). The van der Waals surface area contributed by atoms with Gasteiger partial charge in [-0.05, 0) is 77.3 Å². The molecule has 3 aromatic rings. The SMILES string of the molecule is CCC(c1ccc(OC)c(O)c1)C(c1ccc(OC)c(O)c1)C(C)c1ccc(OC)c(O)c1. The molecule has 6 heteroatoms. The van der Waals surface area contributed by atoms with E-state index < -0.39 is 0 Å². The van der Waals surface area contributed by atoms with Gasteiger partial charge in [0.05, 0.1) is 21.3 Å². The molecular weight excluding hydrogens is 420 g/mol. The molecule has 0 radical (unpaired) electrons. The van der Waals surface area contributed by atoms with Crippen molar-refractivity contribution in [3.05, 3.63) is 71.3 Å². The third-order valence-electron chi connectivity index (χ3n) is 6.36. The van der Waals surface area contributed by atoms with Crippen molar-refractivity contribution in [2.75, 3.05) is 21.3 Å². The predicted molar refractivity (Wildman–Crippen MR) is 128 cm³/mol.